The van der Waals surface area contributed by atoms with Crippen molar-refractivity contribution >= 4 is 5.95 Å². The van der Waals surface area contributed by atoms with E-state index in [0.717, 1.165) is 6.54 Å². The Bertz CT molecular complexity index is 270. The van der Waals surface area contributed by atoms with Crippen molar-refractivity contribution in [3.63, 3.8) is 0 Å². The highest BCUT2D eigenvalue weighted by Gasteiger charge is 2.06. The minimum Gasteiger partial charge on any atom is -0.344 e. The van der Waals surface area contributed by atoms with Gasteiger partial charge >= 0.3 is 0 Å². The molecule has 0 bridgehead atoms. The van der Waals surface area contributed by atoms with Gasteiger partial charge in [-0.05, 0) is 17.6 Å². The molecule has 80 valence electrons. The Morgan fingerprint density at radius 3 is 2.64 bits per heavy atom. The van der Waals surface area contributed by atoms with Crippen LogP contribution in [0.1, 0.15) is 19.7 Å². The van der Waals surface area contributed by atoms with E-state index >= 15 is 0 Å². The summed E-state index contributed by atoms with van der Waals surface area (Å²) in [5, 5.41) is 7.05. The third-order valence-corrected chi connectivity index (χ3v) is 1.69. The highest BCUT2D eigenvalue weighted by atomic mass is 16.5. The van der Waals surface area contributed by atoms with Gasteiger partial charge in [-0.2, -0.15) is 4.98 Å². The first-order valence-corrected chi connectivity index (χ1v) is 4.80. The van der Waals surface area contributed by atoms with Crippen LogP contribution in [0.15, 0.2) is 4.52 Å². The molecule has 1 aromatic rings. The summed E-state index contributed by atoms with van der Waals surface area (Å²) in [6.45, 7) is 5.91. The van der Waals surface area contributed by atoms with Crippen LogP contribution in [-0.4, -0.2) is 30.8 Å². The van der Waals surface area contributed by atoms with Crippen molar-refractivity contribution in [2.75, 3.05) is 25.5 Å². The lowest BCUT2D eigenvalue weighted by Gasteiger charge is -2.04. The van der Waals surface area contributed by atoms with Gasteiger partial charge in [0.25, 0.3) is 5.95 Å². The Morgan fingerprint density at radius 2 is 2.14 bits per heavy atom. The molecule has 14 heavy (non-hydrogen) atoms. The lowest BCUT2D eigenvalue weighted by Crippen LogP contribution is -2.19. The molecule has 0 saturated carbocycles. The van der Waals surface area contributed by atoms with Crippen LogP contribution in [0.4, 0.5) is 5.95 Å². The van der Waals surface area contributed by atoms with Crippen LogP contribution in [0, 0.1) is 5.92 Å². The first kappa shape index (κ1) is 11.0. The van der Waals surface area contributed by atoms with Crippen molar-refractivity contribution in [2.45, 2.75) is 20.4 Å². The van der Waals surface area contributed by atoms with Gasteiger partial charge in [0, 0.05) is 14.1 Å². The second-order valence-electron chi connectivity index (χ2n) is 3.91. The van der Waals surface area contributed by atoms with Crippen LogP contribution in [-0.2, 0) is 6.54 Å². The van der Waals surface area contributed by atoms with Gasteiger partial charge in [0.05, 0.1) is 6.54 Å². The Hall–Kier alpha value is -1.10. The van der Waals surface area contributed by atoms with Crippen LogP contribution in [0.3, 0.4) is 0 Å². The van der Waals surface area contributed by atoms with Gasteiger partial charge < -0.3 is 14.7 Å². The van der Waals surface area contributed by atoms with Crippen molar-refractivity contribution in [3.05, 3.63) is 5.89 Å². The van der Waals surface area contributed by atoms with E-state index in [4.69, 9.17) is 4.52 Å². The zero-order chi connectivity index (χ0) is 10.6. The number of nitrogens with one attached hydrogen (secondary N) is 1. The van der Waals surface area contributed by atoms with Gasteiger partial charge in [-0.25, -0.2) is 0 Å². The molecular weight excluding hydrogens is 180 g/mol. The van der Waals surface area contributed by atoms with E-state index in [2.05, 4.69) is 29.3 Å². The van der Waals surface area contributed by atoms with Gasteiger partial charge in [-0.15, -0.1) is 0 Å². The minimum atomic E-state index is 0.617. The van der Waals surface area contributed by atoms with Crippen LogP contribution in [0.5, 0.6) is 0 Å². The van der Waals surface area contributed by atoms with Crippen LogP contribution < -0.4 is 10.2 Å². The maximum absolute atomic E-state index is 5.04. The monoisotopic (exact) mass is 198 g/mol. The summed E-state index contributed by atoms with van der Waals surface area (Å²) in [6, 6.07) is 0. The fourth-order valence-corrected chi connectivity index (χ4v) is 0.967. The largest absolute Gasteiger partial charge is 0.344 e. The average molecular weight is 198 g/mol. The zero-order valence-corrected chi connectivity index (χ0v) is 9.24. The fraction of sp³-hybridized carbons (Fsp3) is 0.778. The van der Waals surface area contributed by atoms with Crippen LogP contribution >= 0.6 is 0 Å². The van der Waals surface area contributed by atoms with Gasteiger partial charge in [-0.3, -0.25) is 0 Å². The van der Waals surface area contributed by atoms with Crippen molar-refractivity contribution in [3.8, 4) is 0 Å². The molecule has 1 aromatic heterocycles. The minimum absolute atomic E-state index is 0.617. The number of rotatable bonds is 5. The van der Waals surface area contributed by atoms with Gasteiger partial charge in [0.2, 0.25) is 5.89 Å². The topological polar surface area (TPSA) is 54.2 Å². The first-order chi connectivity index (χ1) is 6.59. The molecule has 0 saturated heterocycles. The van der Waals surface area contributed by atoms with Gasteiger partial charge in [0.1, 0.15) is 0 Å². The Morgan fingerprint density at radius 1 is 1.43 bits per heavy atom. The highest BCUT2D eigenvalue weighted by molar-refractivity contribution is 5.23. The lowest BCUT2D eigenvalue weighted by molar-refractivity contribution is 0.363. The maximum atomic E-state index is 5.04. The molecule has 1 N–H and O–H groups in total. The molecule has 0 aliphatic heterocycles. The van der Waals surface area contributed by atoms with E-state index in [9.17, 15) is 0 Å². The molecule has 0 aliphatic rings. The predicted molar refractivity (Wildman–Crippen MR) is 55.2 cm³/mol. The normalized spacial score (nSPS) is 10.9. The molecule has 0 aromatic carbocycles. The van der Waals surface area contributed by atoms with Crippen LogP contribution in [0.2, 0.25) is 0 Å². The summed E-state index contributed by atoms with van der Waals surface area (Å²) in [5.41, 5.74) is 0. The summed E-state index contributed by atoms with van der Waals surface area (Å²) in [5.74, 6) is 1.88. The highest BCUT2D eigenvalue weighted by Crippen LogP contribution is 2.04. The molecule has 0 aliphatic carbocycles. The maximum Gasteiger partial charge on any atom is 0.265 e. The number of nitrogens with zero attached hydrogens (tertiary/aromatic N) is 3. The number of hydrogen-bond acceptors (Lipinski definition) is 5. The Labute approximate surface area is 84.5 Å². The van der Waals surface area contributed by atoms with Crippen LogP contribution in [0.25, 0.3) is 0 Å². The number of hydrogen-bond donors (Lipinski definition) is 1. The van der Waals surface area contributed by atoms with Crippen molar-refractivity contribution < 1.29 is 4.52 Å². The summed E-state index contributed by atoms with van der Waals surface area (Å²) in [6.07, 6.45) is 0. The molecule has 1 heterocycles. The molecule has 0 unspecified atom stereocenters. The summed E-state index contributed by atoms with van der Waals surface area (Å²) in [4.78, 5) is 6.01. The molecule has 1 rings (SSSR count). The standard InChI is InChI=1S/C9H18N4O/c1-7(2)5-10-6-8-11-9(12-14-8)13(3)4/h7,10H,5-6H2,1-4H3. The number of aromatic nitrogens is 2. The molecule has 0 spiro atoms. The molecule has 5 heteroatoms. The SMILES string of the molecule is CC(C)CNCc1nc(N(C)C)no1. The number of anilines is 1. The predicted octanol–water partition coefficient (Wildman–Crippen LogP) is 0.881. The molecule has 0 fully saturated rings. The second kappa shape index (κ2) is 4.95. The van der Waals surface area contributed by atoms with Crippen molar-refractivity contribution in [1.82, 2.24) is 15.5 Å². The Balaban J connectivity index is 2.36. The first-order valence-electron chi connectivity index (χ1n) is 4.80. The van der Waals surface area contributed by atoms with Gasteiger partial charge in [0.15, 0.2) is 0 Å². The van der Waals surface area contributed by atoms with E-state index in [0.29, 0.717) is 24.3 Å². The zero-order valence-electron chi connectivity index (χ0n) is 9.24. The van der Waals surface area contributed by atoms with Gasteiger partial charge in [-0.1, -0.05) is 13.8 Å². The summed E-state index contributed by atoms with van der Waals surface area (Å²) < 4.78 is 5.04. The van der Waals surface area contributed by atoms with E-state index < -0.39 is 0 Å². The molecule has 0 radical (unpaired) electrons. The molecule has 5 nitrogen and oxygen atoms in total. The van der Waals surface area contributed by atoms with E-state index in [1.165, 1.54) is 0 Å². The van der Waals surface area contributed by atoms with Crippen molar-refractivity contribution in [1.29, 1.82) is 0 Å². The van der Waals surface area contributed by atoms with E-state index in [1.54, 1.807) is 0 Å². The summed E-state index contributed by atoms with van der Waals surface area (Å²) >= 11 is 0. The molecule has 0 atom stereocenters. The molecular formula is C9H18N4O. The quantitative estimate of drug-likeness (QED) is 0.761. The van der Waals surface area contributed by atoms with Crippen molar-refractivity contribution in [2.24, 2.45) is 5.92 Å². The smallest absolute Gasteiger partial charge is 0.265 e. The Kier molecular flexibility index (Phi) is 3.88. The summed E-state index contributed by atoms with van der Waals surface area (Å²) in [7, 11) is 3.77. The van der Waals surface area contributed by atoms with E-state index in [-0.39, 0.29) is 0 Å². The lowest BCUT2D eigenvalue weighted by atomic mass is 10.2. The van der Waals surface area contributed by atoms with E-state index in [1.807, 2.05) is 19.0 Å². The average Bonchev–Trinajstić information content (AvgIpc) is 2.52. The third-order valence-electron chi connectivity index (χ3n) is 1.69. The third kappa shape index (κ3) is 3.33. The fourth-order valence-electron chi connectivity index (χ4n) is 0.967. The second-order valence-corrected chi connectivity index (χ2v) is 3.91. The molecule has 0 amide bonds.